The molecule has 0 fully saturated rings. The van der Waals surface area contributed by atoms with Crippen molar-refractivity contribution in [1.82, 2.24) is 0 Å². The van der Waals surface area contributed by atoms with Gasteiger partial charge in [0.15, 0.2) is 0 Å². The number of rotatable bonds is 11. The number of hydrogen-bond acceptors (Lipinski definition) is 8. The van der Waals surface area contributed by atoms with E-state index in [4.69, 9.17) is 14.2 Å². The molecule has 1 atom stereocenters. The SMILES string of the molecule is CCOC(=O)/C=C/CSC(c1ccc(F)cc1)C(O)(C(=O)OCC)C(=O)OCC. The Morgan fingerprint density at radius 1 is 1.03 bits per heavy atom. The van der Waals surface area contributed by atoms with Crippen LogP contribution in [0.25, 0.3) is 0 Å². The molecule has 160 valence electrons. The van der Waals surface area contributed by atoms with Crippen LogP contribution in [0, 0.1) is 5.82 Å². The van der Waals surface area contributed by atoms with E-state index in [0.29, 0.717) is 5.56 Å². The van der Waals surface area contributed by atoms with E-state index in [0.717, 1.165) is 23.9 Å². The Hall–Kier alpha value is -2.39. The average molecular weight is 428 g/mol. The van der Waals surface area contributed by atoms with E-state index in [9.17, 15) is 23.9 Å². The maximum absolute atomic E-state index is 13.4. The molecule has 9 heteroatoms. The quantitative estimate of drug-likeness (QED) is 0.249. The number of benzene rings is 1. The van der Waals surface area contributed by atoms with Gasteiger partial charge in [0.05, 0.1) is 25.1 Å². The van der Waals surface area contributed by atoms with E-state index in [1.54, 1.807) is 6.92 Å². The summed E-state index contributed by atoms with van der Waals surface area (Å²) in [6, 6.07) is 5.00. The van der Waals surface area contributed by atoms with Crippen LogP contribution in [-0.4, -0.2) is 54.2 Å². The van der Waals surface area contributed by atoms with Crippen LogP contribution in [0.15, 0.2) is 36.4 Å². The second-order valence-corrected chi connectivity index (χ2v) is 6.76. The summed E-state index contributed by atoms with van der Waals surface area (Å²) >= 11 is 0.987. The lowest BCUT2D eigenvalue weighted by Gasteiger charge is -2.31. The first kappa shape index (κ1) is 24.6. The molecular weight excluding hydrogens is 403 g/mol. The zero-order valence-corrected chi connectivity index (χ0v) is 17.4. The van der Waals surface area contributed by atoms with E-state index >= 15 is 0 Å². The van der Waals surface area contributed by atoms with Gasteiger partial charge in [-0.25, -0.2) is 18.8 Å². The van der Waals surface area contributed by atoms with Gasteiger partial charge in [-0.15, -0.1) is 11.8 Å². The van der Waals surface area contributed by atoms with Gasteiger partial charge < -0.3 is 19.3 Å². The van der Waals surface area contributed by atoms with Crippen LogP contribution in [0.4, 0.5) is 4.39 Å². The molecule has 0 saturated heterocycles. The molecule has 29 heavy (non-hydrogen) atoms. The smallest absolute Gasteiger partial charge is 0.351 e. The molecule has 1 rings (SSSR count). The van der Waals surface area contributed by atoms with E-state index in [1.165, 1.54) is 38.1 Å². The number of aliphatic hydroxyl groups is 1. The van der Waals surface area contributed by atoms with E-state index in [1.807, 2.05) is 0 Å². The highest BCUT2D eigenvalue weighted by Crippen LogP contribution is 2.40. The molecule has 0 aliphatic rings. The summed E-state index contributed by atoms with van der Waals surface area (Å²) in [6.45, 7) is 4.83. The second-order valence-electron chi connectivity index (χ2n) is 5.63. The van der Waals surface area contributed by atoms with Gasteiger partial charge in [0.25, 0.3) is 5.60 Å². The molecule has 0 aromatic heterocycles. The third-order valence-corrected chi connectivity index (χ3v) is 4.96. The molecule has 1 unspecified atom stereocenters. The van der Waals surface area contributed by atoms with Gasteiger partial charge in [-0.1, -0.05) is 18.2 Å². The monoisotopic (exact) mass is 428 g/mol. The first-order valence-corrected chi connectivity index (χ1v) is 10.1. The summed E-state index contributed by atoms with van der Waals surface area (Å²) in [5.41, 5.74) is -2.35. The van der Waals surface area contributed by atoms with Crippen LogP contribution in [0.1, 0.15) is 31.6 Å². The standard InChI is InChI=1S/C20H25FO7S/c1-4-26-16(22)8-7-13-29-17(14-9-11-15(21)12-10-14)20(25,18(23)27-5-2)19(24)28-6-3/h7-12,17,25H,4-6,13H2,1-3H3/b8-7+. The first-order chi connectivity index (χ1) is 13.8. The topological polar surface area (TPSA) is 99.1 Å². The fourth-order valence-corrected chi connectivity index (χ4v) is 3.54. The Balaban J connectivity index is 3.26. The molecule has 0 aliphatic carbocycles. The van der Waals surface area contributed by atoms with Gasteiger partial charge in [0.2, 0.25) is 0 Å². The van der Waals surface area contributed by atoms with Crippen LogP contribution in [0.3, 0.4) is 0 Å². The molecule has 1 N–H and O–H groups in total. The first-order valence-electron chi connectivity index (χ1n) is 9.08. The van der Waals surface area contributed by atoms with Gasteiger partial charge in [0, 0.05) is 11.8 Å². The number of halogens is 1. The zero-order valence-electron chi connectivity index (χ0n) is 16.6. The van der Waals surface area contributed by atoms with Crippen molar-refractivity contribution in [2.45, 2.75) is 31.6 Å². The van der Waals surface area contributed by atoms with Crippen molar-refractivity contribution in [3.8, 4) is 0 Å². The van der Waals surface area contributed by atoms with Gasteiger partial charge >= 0.3 is 17.9 Å². The normalized spacial score (nSPS) is 12.4. The molecule has 0 spiro atoms. The minimum absolute atomic E-state index is 0.0654. The second kappa shape index (κ2) is 12.2. The van der Waals surface area contributed by atoms with E-state index in [-0.39, 0.29) is 25.6 Å². The van der Waals surface area contributed by atoms with Gasteiger partial charge in [-0.3, -0.25) is 0 Å². The third kappa shape index (κ3) is 6.86. The Morgan fingerprint density at radius 2 is 1.55 bits per heavy atom. The molecule has 0 radical (unpaired) electrons. The van der Waals surface area contributed by atoms with Crippen molar-refractivity contribution >= 4 is 29.7 Å². The molecular formula is C20H25FO7S. The molecule has 0 aliphatic heterocycles. The minimum atomic E-state index is -2.66. The van der Waals surface area contributed by atoms with Crippen LogP contribution in [0.2, 0.25) is 0 Å². The summed E-state index contributed by atoms with van der Waals surface area (Å²) < 4.78 is 28.0. The summed E-state index contributed by atoms with van der Waals surface area (Å²) in [4.78, 5) is 36.5. The van der Waals surface area contributed by atoms with E-state index < -0.39 is 34.6 Å². The van der Waals surface area contributed by atoms with Crippen LogP contribution in [0.5, 0.6) is 0 Å². The largest absolute Gasteiger partial charge is 0.463 e. The van der Waals surface area contributed by atoms with Crippen molar-refractivity contribution < 1.29 is 38.1 Å². The van der Waals surface area contributed by atoms with Crippen molar-refractivity contribution in [3.05, 3.63) is 47.8 Å². The Morgan fingerprint density at radius 3 is 2.03 bits per heavy atom. The highest BCUT2D eigenvalue weighted by atomic mass is 32.2. The Kier molecular flexibility index (Phi) is 10.4. The van der Waals surface area contributed by atoms with Crippen molar-refractivity contribution in [3.63, 3.8) is 0 Å². The number of esters is 3. The van der Waals surface area contributed by atoms with Crippen LogP contribution in [-0.2, 0) is 28.6 Å². The lowest BCUT2D eigenvalue weighted by molar-refractivity contribution is -0.183. The lowest BCUT2D eigenvalue weighted by Crippen LogP contribution is -2.52. The number of hydrogen-bond donors (Lipinski definition) is 1. The van der Waals surface area contributed by atoms with Gasteiger partial charge in [-0.2, -0.15) is 0 Å². The molecule has 7 nitrogen and oxygen atoms in total. The van der Waals surface area contributed by atoms with Gasteiger partial charge in [0.1, 0.15) is 5.82 Å². The molecule has 1 aromatic carbocycles. The summed E-state index contributed by atoms with van der Waals surface area (Å²) in [5.74, 6) is -3.26. The Bertz CT molecular complexity index is 700. The average Bonchev–Trinajstić information content (AvgIpc) is 2.69. The predicted octanol–water partition coefficient (Wildman–Crippen LogP) is 2.58. The number of carbonyl (C=O) groups is 3. The molecule has 0 heterocycles. The summed E-state index contributed by atoms with van der Waals surface area (Å²) in [7, 11) is 0. The van der Waals surface area contributed by atoms with Crippen LogP contribution >= 0.6 is 11.8 Å². The molecule has 1 aromatic rings. The molecule has 0 saturated carbocycles. The number of carbonyl (C=O) groups excluding carboxylic acids is 3. The summed E-state index contributed by atoms with van der Waals surface area (Å²) in [6.07, 6.45) is 2.67. The van der Waals surface area contributed by atoms with Crippen molar-refractivity contribution in [2.75, 3.05) is 25.6 Å². The van der Waals surface area contributed by atoms with Crippen LogP contribution < -0.4 is 0 Å². The fraction of sp³-hybridized carbons (Fsp3) is 0.450. The maximum Gasteiger partial charge on any atom is 0.351 e. The summed E-state index contributed by atoms with van der Waals surface area (Å²) in [5, 5.41) is 9.93. The highest BCUT2D eigenvalue weighted by Gasteiger charge is 2.54. The molecule has 0 amide bonds. The Labute approximate surface area is 173 Å². The van der Waals surface area contributed by atoms with E-state index in [2.05, 4.69) is 0 Å². The number of thioether (sulfide) groups is 1. The lowest BCUT2D eigenvalue weighted by atomic mass is 9.93. The third-order valence-electron chi connectivity index (χ3n) is 3.63. The fourth-order valence-electron chi connectivity index (χ4n) is 2.36. The van der Waals surface area contributed by atoms with Crippen molar-refractivity contribution in [2.24, 2.45) is 0 Å². The maximum atomic E-state index is 13.4. The predicted molar refractivity (Wildman–Crippen MR) is 106 cm³/mol. The minimum Gasteiger partial charge on any atom is -0.463 e. The number of ether oxygens (including phenoxy) is 3. The molecule has 0 bridgehead atoms. The highest BCUT2D eigenvalue weighted by molar-refractivity contribution is 7.99. The van der Waals surface area contributed by atoms with Gasteiger partial charge in [-0.05, 0) is 38.5 Å². The van der Waals surface area contributed by atoms with Crippen molar-refractivity contribution in [1.29, 1.82) is 0 Å². The zero-order chi connectivity index (χ0) is 21.9.